The minimum atomic E-state index is -1.95. The summed E-state index contributed by atoms with van der Waals surface area (Å²) in [6.45, 7) is 4.69. The van der Waals surface area contributed by atoms with E-state index in [1.54, 1.807) is 18.2 Å². The number of benzene rings is 1. The Labute approximate surface area is 173 Å². The van der Waals surface area contributed by atoms with Crippen LogP contribution in [0.4, 0.5) is 0 Å². The molecular weight excluding hydrogens is 392 g/mol. The van der Waals surface area contributed by atoms with Gasteiger partial charge in [0.15, 0.2) is 22.9 Å². The van der Waals surface area contributed by atoms with Gasteiger partial charge in [0.05, 0.1) is 7.11 Å². The van der Waals surface area contributed by atoms with Gasteiger partial charge >= 0.3 is 5.97 Å². The molecule has 0 radical (unpaired) electrons. The molecule has 8 heteroatoms. The summed E-state index contributed by atoms with van der Waals surface area (Å²) in [7, 11) is 1.23. The SMILES string of the molecule is CC=CC1=CC2=C(CO1)C(=O)[C@](C)(O)[C@H](OC(=O)c1c(C)cc(O)c(O)c1OC)C2. The monoisotopic (exact) mass is 416 g/mol. The van der Waals surface area contributed by atoms with Gasteiger partial charge in [-0.2, -0.15) is 0 Å². The van der Waals surface area contributed by atoms with E-state index in [2.05, 4.69) is 0 Å². The molecule has 0 amide bonds. The lowest BCUT2D eigenvalue weighted by Crippen LogP contribution is -2.53. The van der Waals surface area contributed by atoms with Crippen LogP contribution in [0.15, 0.2) is 41.2 Å². The van der Waals surface area contributed by atoms with Crippen molar-refractivity contribution in [1.29, 1.82) is 0 Å². The molecule has 0 bridgehead atoms. The van der Waals surface area contributed by atoms with E-state index in [0.29, 0.717) is 22.5 Å². The summed E-state index contributed by atoms with van der Waals surface area (Å²) in [5, 5.41) is 30.6. The molecule has 0 unspecified atom stereocenters. The summed E-state index contributed by atoms with van der Waals surface area (Å²) in [6.07, 6.45) is 4.16. The number of carbonyl (C=O) groups is 2. The maximum atomic E-state index is 12.9. The number of hydrogen-bond acceptors (Lipinski definition) is 8. The summed E-state index contributed by atoms with van der Waals surface area (Å²) in [5.41, 5.74) is -0.787. The number of ether oxygens (including phenoxy) is 3. The molecule has 2 aliphatic rings. The summed E-state index contributed by atoms with van der Waals surface area (Å²) in [5.74, 6) is -2.20. The second kappa shape index (κ2) is 7.87. The minimum absolute atomic E-state index is 0.0277. The van der Waals surface area contributed by atoms with Gasteiger partial charge < -0.3 is 29.5 Å². The van der Waals surface area contributed by atoms with Crippen molar-refractivity contribution < 1.29 is 39.1 Å². The number of phenols is 2. The zero-order valence-corrected chi connectivity index (χ0v) is 17.2. The first kappa shape index (κ1) is 21.4. The van der Waals surface area contributed by atoms with Crippen LogP contribution < -0.4 is 4.74 Å². The molecule has 1 aliphatic heterocycles. The highest BCUT2D eigenvalue weighted by Gasteiger charge is 2.49. The number of methoxy groups -OCH3 is 1. The van der Waals surface area contributed by atoms with Crippen LogP contribution >= 0.6 is 0 Å². The zero-order chi connectivity index (χ0) is 22.2. The molecule has 3 N–H and O–H groups in total. The van der Waals surface area contributed by atoms with Crippen molar-refractivity contribution in [1.82, 2.24) is 0 Å². The Morgan fingerprint density at radius 3 is 2.70 bits per heavy atom. The molecule has 1 aromatic carbocycles. The Hall–Kier alpha value is -3.26. The Morgan fingerprint density at radius 2 is 2.07 bits per heavy atom. The standard InChI is InChI=1S/C22H24O8/c1-5-6-13-8-12-9-16(22(3,27)20(25)14(12)10-29-13)30-21(26)17-11(2)7-15(23)18(24)19(17)28-4/h5-8,16,23-24,27H,9-10H2,1-4H3/t16-,22-/m1/s1. The third-order valence-electron chi connectivity index (χ3n) is 5.27. The third-order valence-corrected chi connectivity index (χ3v) is 5.27. The molecular formula is C22H24O8. The number of aromatic hydroxyl groups is 2. The Bertz CT molecular complexity index is 997. The van der Waals surface area contributed by atoms with Gasteiger partial charge in [-0.05, 0) is 50.1 Å². The number of hydrogen-bond donors (Lipinski definition) is 3. The molecule has 1 aliphatic carbocycles. The summed E-state index contributed by atoms with van der Waals surface area (Å²) < 4.78 is 16.1. The smallest absolute Gasteiger partial charge is 0.342 e. The van der Waals surface area contributed by atoms with Crippen LogP contribution in [0.5, 0.6) is 17.2 Å². The van der Waals surface area contributed by atoms with Crippen LogP contribution in [0.1, 0.15) is 36.2 Å². The lowest BCUT2D eigenvalue weighted by Gasteiger charge is -2.38. The number of aryl methyl sites for hydroxylation is 1. The summed E-state index contributed by atoms with van der Waals surface area (Å²) >= 11 is 0. The average Bonchev–Trinajstić information content (AvgIpc) is 2.68. The first-order chi connectivity index (χ1) is 14.1. The van der Waals surface area contributed by atoms with Gasteiger partial charge in [-0.25, -0.2) is 4.79 Å². The lowest BCUT2D eigenvalue weighted by molar-refractivity contribution is -0.146. The largest absolute Gasteiger partial charge is 0.504 e. The van der Waals surface area contributed by atoms with Gasteiger partial charge in [-0.3, -0.25) is 4.79 Å². The number of esters is 1. The van der Waals surface area contributed by atoms with Crippen molar-refractivity contribution in [3.05, 3.63) is 52.3 Å². The fourth-order valence-corrected chi connectivity index (χ4v) is 3.61. The molecule has 30 heavy (non-hydrogen) atoms. The van der Waals surface area contributed by atoms with Crippen LogP contribution in [0.3, 0.4) is 0 Å². The Kier molecular flexibility index (Phi) is 5.63. The fraction of sp³-hybridized carbons (Fsp3) is 0.364. The van der Waals surface area contributed by atoms with Crippen molar-refractivity contribution in [2.24, 2.45) is 0 Å². The number of phenolic OH excluding ortho intramolecular Hbond substituents is 2. The molecule has 0 saturated heterocycles. The highest BCUT2D eigenvalue weighted by molar-refractivity contribution is 6.05. The molecule has 8 nitrogen and oxygen atoms in total. The third kappa shape index (κ3) is 3.54. The minimum Gasteiger partial charge on any atom is -0.504 e. The van der Waals surface area contributed by atoms with Crippen molar-refractivity contribution in [3.8, 4) is 17.2 Å². The van der Waals surface area contributed by atoms with E-state index in [-0.39, 0.29) is 24.3 Å². The highest BCUT2D eigenvalue weighted by Crippen LogP contribution is 2.42. The summed E-state index contributed by atoms with van der Waals surface area (Å²) in [6, 6.07) is 1.20. The molecule has 3 rings (SSSR count). The zero-order valence-electron chi connectivity index (χ0n) is 17.2. The van der Waals surface area contributed by atoms with E-state index >= 15 is 0 Å². The molecule has 160 valence electrons. The van der Waals surface area contributed by atoms with Gasteiger partial charge in [0.2, 0.25) is 5.75 Å². The fourth-order valence-electron chi connectivity index (χ4n) is 3.61. The van der Waals surface area contributed by atoms with E-state index in [0.717, 1.165) is 0 Å². The first-order valence-electron chi connectivity index (χ1n) is 9.38. The van der Waals surface area contributed by atoms with Crippen LogP contribution in [0.2, 0.25) is 0 Å². The second-order valence-electron chi connectivity index (χ2n) is 7.38. The molecule has 2 atom stereocenters. The van der Waals surface area contributed by atoms with Crippen molar-refractivity contribution in [3.63, 3.8) is 0 Å². The van der Waals surface area contributed by atoms with Gasteiger partial charge in [-0.1, -0.05) is 6.08 Å². The molecule has 1 heterocycles. The topological polar surface area (TPSA) is 123 Å². The normalized spacial score (nSPS) is 23.7. The molecule has 1 aromatic rings. The number of rotatable bonds is 4. The van der Waals surface area contributed by atoms with Gasteiger partial charge in [-0.15, -0.1) is 0 Å². The number of allylic oxidation sites excluding steroid dienone is 3. The Morgan fingerprint density at radius 1 is 1.37 bits per heavy atom. The predicted octanol–water partition coefficient (Wildman–Crippen LogP) is 2.45. The number of ketones is 1. The second-order valence-corrected chi connectivity index (χ2v) is 7.38. The number of carbonyl (C=O) groups excluding carboxylic acids is 2. The van der Waals surface area contributed by atoms with Gasteiger partial charge in [0, 0.05) is 12.0 Å². The van der Waals surface area contributed by atoms with Gasteiger partial charge in [0.1, 0.15) is 24.0 Å². The highest BCUT2D eigenvalue weighted by atomic mass is 16.6. The van der Waals surface area contributed by atoms with E-state index < -0.39 is 35.0 Å². The van der Waals surface area contributed by atoms with E-state index in [4.69, 9.17) is 14.2 Å². The maximum Gasteiger partial charge on any atom is 0.342 e. The quantitative estimate of drug-likeness (QED) is 0.505. The van der Waals surface area contributed by atoms with Gasteiger partial charge in [0.25, 0.3) is 0 Å². The first-order valence-corrected chi connectivity index (χ1v) is 9.38. The molecule has 0 aromatic heterocycles. The predicted molar refractivity (Wildman–Crippen MR) is 106 cm³/mol. The van der Waals surface area contributed by atoms with Crippen LogP contribution in [-0.4, -0.2) is 52.5 Å². The molecule has 0 spiro atoms. The van der Waals surface area contributed by atoms with Crippen molar-refractivity contribution >= 4 is 11.8 Å². The number of Topliss-reactive ketones (excluding diaryl/α,β-unsaturated/α-hetero) is 1. The lowest BCUT2D eigenvalue weighted by atomic mass is 9.77. The van der Waals surface area contributed by atoms with E-state index in [9.17, 15) is 24.9 Å². The molecule has 0 saturated carbocycles. The van der Waals surface area contributed by atoms with Crippen LogP contribution in [0.25, 0.3) is 0 Å². The van der Waals surface area contributed by atoms with E-state index in [1.807, 2.05) is 6.92 Å². The van der Waals surface area contributed by atoms with Crippen LogP contribution in [-0.2, 0) is 14.3 Å². The van der Waals surface area contributed by atoms with Crippen molar-refractivity contribution in [2.45, 2.75) is 38.9 Å². The average molecular weight is 416 g/mol. The maximum absolute atomic E-state index is 12.9. The van der Waals surface area contributed by atoms with Crippen LogP contribution in [0, 0.1) is 6.92 Å². The van der Waals surface area contributed by atoms with Crippen molar-refractivity contribution in [2.75, 3.05) is 13.7 Å². The summed E-state index contributed by atoms with van der Waals surface area (Å²) in [4.78, 5) is 25.8. The number of aliphatic hydroxyl groups is 1. The Balaban J connectivity index is 1.96. The van der Waals surface area contributed by atoms with E-state index in [1.165, 1.54) is 27.0 Å². The molecule has 0 fully saturated rings.